The van der Waals surface area contributed by atoms with Gasteiger partial charge in [-0.05, 0) is 50.0 Å². The van der Waals surface area contributed by atoms with Crippen molar-refractivity contribution < 1.29 is 4.74 Å². The predicted molar refractivity (Wildman–Crippen MR) is 151 cm³/mol. The van der Waals surface area contributed by atoms with Crippen LogP contribution in [0.4, 0.5) is 11.8 Å². The third-order valence-corrected chi connectivity index (χ3v) is 8.85. The molecule has 2 atom stereocenters. The fraction of sp³-hybridized carbons (Fsp3) is 0.586. The second-order valence-electron chi connectivity index (χ2n) is 11.5. The number of morpholine rings is 1. The average molecular weight is 534 g/mol. The molecule has 38 heavy (non-hydrogen) atoms. The third kappa shape index (κ3) is 4.60. The van der Waals surface area contributed by atoms with E-state index in [1.807, 2.05) is 31.1 Å². The number of pyridine rings is 2. The van der Waals surface area contributed by atoms with Crippen LogP contribution in [0.25, 0.3) is 22.3 Å². The first-order valence-corrected chi connectivity index (χ1v) is 14.3. The van der Waals surface area contributed by atoms with Gasteiger partial charge in [0.05, 0.1) is 34.8 Å². The van der Waals surface area contributed by atoms with Crippen LogP contribution in [0.1, 0.15) is 57.6 Å². The Morgan fingerprint density at radius 3 is 2.71 bits per heavy atom. The highest BCUT2D eigenvalue weighted by Crippen LogP contribution is 2.40. The quantitative estimate of drug-likeness (QED) is 0.418. The summed E-state index contributed by atoms with van der Waals surface area (Å²) in [5.74, 6) is 3.12. The first-order chi connectivity index (χ1) is 18.4. The van der Waals surface area contributed by atoms with Crippen LogP contribution in [0.2, 0.25) is 5.02 Å². The number of nitrogens with zero attached hydrogens (tertiary/aromatic N) is 7. The molecule has 1 saturated heterocycles. The minimum Gasteiger partial charge on any atom is -0.374 e. The molecular formula is C29H36ClN7O. The molecule has 2 aliphatic carbocycles. The molecule has 4 heterocycles. The number of anilines is 2. The van der Waals surface area contributed by atoms with Gasteiger partial charge in [-0.15, -0.1) is 0 Å². The maximum Gasteiger partial charge on any atom is 0.207 e. The number of hydrogen-bond acceptors (Lipinski definition) is 7. The van der Waals surface area contributed by atoms with Crippen molar-refractivity contribution in [2.75, 3.05) is 37.0 Å². The Morgan fingerprint density at radius 1 is 1.13 bits per heavy atom. The van der Waals surface area contributed by atoms with Crippen molar-refractivity contribution in [2.45, 2.75) is 70.6 Å². The molecule has 3 aromatic heterocycles. The Bertz CT molecular complexity index is 1370. The minimum atomic E-state index is 0.261. The number of ether oxygens (including phenoxy) is 1. The molecule has 3 fully saturated rings. The van der Waals surface area contributed by atoms with Gasteiger partial charge in [0.25, 0.3) is 0 Å². The lowest BCUT2D eigenvalue weighted by Crippen LogP contribution is -2.49. The second-order valence-corrected chi connectivity index (χ2v) is 11.9. The van der Waals surface area contributed by atoms with Gasteiger partial charge in [-0.25, -0.2) is 15.0 Å². The van der Waals surface area contributed by atoms with E-state index in [1.54, 1.807) is 6.20 Å². The predicted octanol–water partition coefficient (Wildman–Crippen LogP) is 5.67. The third-order valence-electron chi connectivity index (χ3n) is 8.65. The molecule has 0 radical (unpaired) electrons. The molecule has 3 aromatic rings. The van der Waals surface area contributed by atoms with E-state index in [0.29, 0.717) is 29.3 Å². The normalized spacial score (nSPS) is 25.4. The Hall–Kier alpha value is -2.89. The van der Waals surface area contributed by atoms with Gasteiger partial charge in [0.1, 0.15) is 23.3 Å². The SMILES string of the molecule is CC1CCC(Cn2c(N3CCO[C@H]4CCC[C@@H]43)nc3cc(C#N)nc(-c4cc(Cl)cnc4N(C)C)c32)CC1. The maximum absolute atomic E-state index is 9.91. The van der Waals surface area contributed by atoms with Gasteiger partial charge in [-0.2, -0.15) is 5.26 Å². The van der Waals surface area contributed by atoms with Crippen molar-refractivity contribution in [2.24, 2.45) is 11.8 Å². The van der Waals surface area contributed by atoms with Gasteiger partial charge in [-0.1, -0.05) is 31.4 Å². The van der Waals surface area contributed by atoms with E-state index in [-0.39, 0.29) is 6.10 Å². The average Bonchev–Trinajstić information content (AvgIpc) is 3.54. The molecule has 0 bridgehead atoms. The van der Waals surface area contributed by atoms with Crippen LogP contribution in [0.5, 0.6) is 0 Å². The molecule has 0 amide bonds. The standard InChI is InChI=1S/C29H36ClN7O/c1-18-7-9-19(10-8-18)17-37-27-23(34-29(37)36-11-12-38-25-6-4-5-24(25)36)14-21(15-31)33-26(27)22-13-20(30)16-32-28(22)35(2)3/h13-14,16,18-19,24-25H,4-12,17H2,1-3H3/t18?,19?,24-,25-/m0/s1. The highest BCUT2D eigenvalue weighted by molar-refractivity contribution is 6.30. The molecule has 3 aliphatic rings. The van der Waals surface area contributed by atoms with Crippen LogP contribution in [0, 0.1) is 23.2 Å². The van der Waals surface area contributed by atoms with Gasteiger partial charge < -0.3 is 19.1 Å². The highest BCUT2D eigenvalue weighted by atomic mass is 35.5. The van der Waals surface area contributed by atoms with Crippen molar-refractivity contribution in [3.05, 3.63) is 29.0 Å². The highest BCUT2D eigenvalue weighted by Gasteiger charge is 2.39. The summed E-state index contributed by atoms with van der Waals surface area (Å²) >= 11 is 6.47. The van der Waals surface area contributed by atoms with Gasteiger partial charge in [0, 0.05) is 45.0 Å². The molecule has 0 aromatic carbocycles. The van der Waals surface area contributed by atoms with E-state index in [0.717, 1.165) is 65.9 Å². The first-order valence-electron chi connectivity index (χ1n) is 14.0. The molecule has 8 nitrogen and oxygen atoms in total. The summed E-state index contributed by atoms with van der Waals surface area (Å²) in [4.78, 5) is 19.2. The molecule has 1 aliphatic heterocycles. The van der Waals surface area contributed by atoms with Crippen molar-refractivity contribution in [1.82, 2.24) is 19.5 Å². The van der Waals surface area contributed by atoms with E-state index in [9.17, 15) is 5.26 Å². The Kier molecular flexibility index (Phi) is 6.92. The Labute approximate surface area is 229 Å². The van der Waals surface area contributed by atoms with Crippen LogP contribution in [0.15, 0.2) is 18.3 Å². The molecule has 0 spiro atoms. The van der Waals surface area contributed by atoms with Crippen molar-refractivity contribution in [1.29, 1.82) is 5.26 Å². The fourth-order valence-electron chi connectivity index (χ4n) is 6.69. The summed E-state index contributed by atoms with van der Waals surface area (Å²) in [6.07, 6.45) is 10.3. The zero-order valence-corrected chi connectivity index (χ0v) is 23.3. The van der Waals surface area contributed by atoms with Crippen LogP contribution in [0.3, 0.4) is 0 Å². The summed E-state index contributed by atoms with van der Waals surface area (Å²) < 4.78 is 8.55. The van der Waals surface area contributed by atoms with Crippen molar-refractivity contribution in [3.8, 4) is 17.3 Å². The van der Waals surface area contributed by atoms with E-state index in [1.165, 1.54) is 32.1 Å². The van der Waals surface area contributed by atoms with E-state index in [2.05, 4.69) is 27.4 Å². The Balaban J connectivity index is 1.57. The molecule has 200 valence electrons. The largest absolute Gasteiger partial charge is 0.374 e. The van der Waals surface area contributed by atoms with E-state index >= 15 is 0 Å². The van der Waals surface area contributed by atoms with Crippen molar-refractivity contribution in [3.63, 3.8) is 0 Å². The van der Waals surface area contributed by atoms with Gasteiger partial charge in [0.2, 0.25) is 5.95 Å². The zero-order valence-electron chi connectivity index (χ0n) is 22.5. The van der Waals surface area contributed by atoms with Crippen LogP contribution >= 0.6 is 11.6 Å². The minimum absolute atomic E-state index is 0.261. The summed E-state index contributed by atoms with van der Waals surface area (Å²) in [5.41, 5.74) is 3.65. The lowest BCUT2D eigenvalue weighted by atomic mass is 9.83. The zero-order chi connectivity index (χ0) is 26.4. The smallest absolute Gasteiger partial charge is 0.207 e. The lowest BCUT2D eigenvalue weighted by Gasteiger charge is -2.39. The number of hydrogen-bond donors (Lipinski definition) is 0. The van der Waals surface area contributed by atoms with E-state index < -0.39 is 0 Å². The molecule has 9 heteroatoms. The number of aromatic nitrogens is 4. The summed E-state index contributed by atoms with van der Waals surface area (Å²) in [6.45, 7) is 4.78. The Morgan fingerprint density at radius 2 is 1.95 bits per heavy atom. The van der Waals surface area contributed by atoms with Crippen LogP contribution in [-0.4, -0.2) is 58.9 Å². The van der Waals surface area contributed by atoms with Crippen LogP contribution < -0.4 is 9.80 Å². The summed E-state index contributed by atoms with van der Waals surface area (Å²) in [6, 6.07) is 6.34. The van der Waals surface area contributed by atoms with Gasteiger partial charge in [0.15, 0.2) is 0 Å². The molecule has 0 N–H and O–H groups in total. The number of halogens is 1. The van der Waals surface area contributed by atoms with Gasteiger partial charge in [-0.3, -0.25) is 0 Å². The fourth-order valence-corrected chi connectivity index (χ4v) is 6.85. The molecule has 2 saturated carbocycles. The molecular weight excluding hydrogens is 498 g/mol. The lowest BCUT2D eigenvalue weighted by molar-refractivity contribution is 0.0247. The number of fused-ring (bicyclic) bond motifs is 2. The number of imidazole rings is 1. The monoisotopic (exact) mass is 533 g/mol. The summed E-state index contributed by atoms with van der Waals surface area (Å²) in [7, 11) is 3.93. The maximum atomic E-state index is 9.91. The topological polar surface area (TPSA) is 83.1 Å². The molecule has 0 unspecified atom stereocenters. The number of nitriles is 1. The first kappa shape index (κ1) is 25.4. The van der Waals surface area contributed by atoms with E-state index in [4.69, 9.17) is 26.3 Å². The second kappa shape index (κ2) is 10.3. The number of rotatable bonds is 5. The summed E-state index contributed by atoms with van der Waals surface area (Å²) in [5, 5.41) is 10.4. The molecule has 6 rings (SSSR count). The van der Waals surface area contributed by atoms with Crippen molar-refractivity contribution >= 4 is 34.4 Å². The van der Waals surface area contributed by atoms with Gasteiger partial charge >= 0.3 is 0 Å². The van der Waals surface area contributed by atoms with Crippen LogP contribution in [-0.2, 0) is 11.3 Å².